The maximum atomic E-state index is 12.4. The molecule has 3 aromatic heterocycles. The molecular formula is C14H13BrN4O2S. The van der Waals surface area contributed by atoms with Crippen LogP contribution in [0.1, 0.15) is 0 Å². The topological polar surface area (TPSA) is 74.0 Å². The molecule has 0 saturated carbocycles. The molecule has 0 spiro atoms. The molecule has 8 heteroatoms. The van der Waals surface area contributed by atoms with Crippen LogP contribution < -0.4 is 10.3 Å². The number of hydrogen-bond acceptors (Lipinski definition) is 5. The van der Waals surface area contributed by atoms with Crippen molar-refractivity contribution in [2.24, 2.45) is 0 Å². The van der Waals surface area contributed by atoms with E-state index in [0.29, 0.717) is 18.7 Å². The molecule has 1 aliphatic heterocycles. The third-order valence-corrected chi connectivity index (χ3v) is 5.21. The summed E-state index contributed by atoms with van der Waals surface area (Å²) in [6.07, 6.45) is 1.85. The van der Waals surface area contributed by atoms with Crippen molar-refractivity contribution < 1.29 is 4.74 Å². The minimum atomic E-state index is -0.00919. The Balaban J connectivity index is 1.86. The number of H-pyrrole nitrogens is 2. The smallest absolute Gasteiger partial charge is 0.207 e. The zero-order valence-corrected chi connectivity index (χ0v) is 14.0. The Morgan fingerprint density at radius 1 is 1.27 bits per heavy atom. The van der Waals surface area contributed by atoms with Crippen molar-refractivity contribution in [3.05, 3.63) is 33.2 Å². The lowest BCUT2D eigenvalue weighted by atomic mass is 10.2. The van der Waals surface area contributed by atoms with E-state index in [-0.39, 0.29) is 5.43 Å². The summed E-state index contributed by atoms with van der Waals surface area (Å²) in [4.78, 5) is 22.0. The number of anilines is 1. The zero-order valence-electron chi connectivity index (χ0n) is 11.6. The number of nitrogens with one attached hydrogen (secondary N) is 2. The van der Waals surface area contributed by atoms with Crippen LogP contribution in [0.5, 0.6) is 0 Å². The minimum absolute atomic E-state index is 0.00919. The number of aromatic nitrogens is 3. The molecule has 114 valence electrons. The Labute approximate surface area is 138 Å². The van der Waals surface area contributed by atoms with Crippen LogP contribution in [-0.4, -0.2) is 40.6 Å². The first-order valence-electron chi connectivity index (χ1n) is 6.92. The number of ether oxygens (including phenoxy) is 1. The third kappa shape index (κ3) is 2.37. The quantitative estimate of drug-likeness (QED) is 0.716. The van der Waals surface area contributed by atoms with Gasteiger partial charge in [-0.1, -0.05) is 0 Å². The second kappa shape index (κ2) is 5.53. The Morgan fingerprint density at radius 3 is 2.82 bits per heavy atom. The van der Waals surface area contributed by atoms with Gasteiger partial charge in [0.2, 0.25) is 5.43 Å². The van der Waals surface area contributed by atoms with E-state index in [1.807, 2.05) is 12.3 Å². The molecule has 0 atom stereocenters. The fraction of sp³-hybridized carbons (Fsp3) is 0.286. The number of rotatable bonds is 2. The van der Waals surface area contributed by atoms with Crippen LogP contribution >= 0.6 is 27.5 Å². The summed E-state index contributed by atoms with van der Waals surface area (Å²) in [5, 5.41) is 0. The molecule has 2 N–H and O–H groups in total. The van der Waals surface area contributed by atoms with Gasteiger partial charge in [0.1, 0.15) is 15.9 Å². The molecule has 6 nitrogen and oxygen atoms in total. The highest BCUT2D eigenvalue weighted by Gasteiger charge is 2.17. The fourth-order valence-corrected chi connectivity index (χ4v) is 3.92. The average molecular weight is 381 g/mol. The molecule has 1 aliphatic rings. The van der Waals surface area contributed by atoms with E-state index in [9.17, 15) is 4.79 Å². The normalized spacial score (nSPS) is 15.6. The lowest BCUT2D eigenvalue weighted by molar-refractivity contribution is 0.122. The highest BCUT2D eigenvalue weighted by molar-refractivity contribution is 9.10. The number of aromatic amines is 2. The summed E-state index contributed by atoms with van der Waals surface area (Å²) in [7, 11) is 0. The molecule has 4 heterocycles. The number of halogens is 1. The second-order valence-corrected chi connectivity index (χ2v) is 6.70. The third-order valence-electron chi connectivity index (χ3n) is 3.75. The largest absolute Gasteiger partial charge is 0.378 e. The van der Waals surface area contributed by atoms with Crippen LogP contribution in [-0.2, 0) is 4.74 Å². The van der Waals surface area contributed by atoms with Crippen molar-refractivity contribution in [1.29, 1.82) is 0 Å². The maximum Gasteiger partial charge on any atom is 0.207 e. The summed E-state index contributed by atoms with van der Waals surface area (Å²) < 4.78 is 10.4. The Hall–Kier alpha value is -1.64. The van der Waals surface area contributed by atoms with Crippen molar-refractivity contribution >= 4 is 44.3 Å². The number of hydrogen-bond donors (Lipinski definition) is 2. The van der Waals surface area contributed by atoms with Gasteiger partial charge in [0.15, 0.2) is 0 Å². The second-order valence-electron chi connectivity index (χ2n) is 5.08. The van der Waals surface area contributed by atoms with Crippen LogP contribution in [0.15, 0.2) is 27.7 Å². The van der Waals surface area contributed by atoms with Crippen molar-refractivity contribution in [1.82, 2.24) is 14.3 Å². The number of morpholine rings is 1. The van der Waals surface area contributed by atoms with E-state index in [4.69, 9.17) is 4.74 Å². The van der Waals surface area contributed by atoms with Crippen LogP contribution in [0.4, 0.5) is 5.82 Å². The lowest BCUT2D eigenvalue weighted by Gasteiger charge is -2.28. The van der Waals surface area contributed by atoms with Crippen LogP contribution in [0, 0.1) is 0 Å². The number of pyridine rings is 1. The van der Waals surface area contributed by atoms with Gasteiger partial charge in [0, 0.05) is 30.9 Å². The monoisotopic (exact) mass is 380 g/mol. The maximum absolute atomic E-state index is 12.4. The van der Waals surface area contributed by atoms with Gasteiger partial charge in [-0.2, -0.15) is 4.37 Å². The molecule has 1 fully saturated rings. The molecule has 3 aromatic rings. The molecular weight excluding hydrogens is 368 g/mol. The van der Waals surface area contributed by atoms with Crippen molar-refractivity contribution in [3.8, 4) is 10.4 Å². The first kappa shape index (κ1) is 14.0. The lowest BCUT2D eigenvalue weighted by Crippen LogP contribution is -2.37. The van der Waals surface area contributed by atoms with Gasteiger partial charge >= 0.3 is 0 Å². The fourth-order valence-electron chi connectivity index (χ4n) is 2.66. The van der Waals surface area contributed by atoms with Crippen LogP contribution in [0.25, 0.3) is 21.5 Å². The predicted octanol–water partition coefficient (Wildman–Crippen LogP) is 2.58. The van der Waals surface area contributed by atoms with Gasteiger partial charge in [-0.05, 0) is 33.5 Å². The van der Waals surface area contributed by atoms with E-state index in [1.165, 1.54) is 11.5 Å². The Bertz CT molecular complexity index is 878. The molecule has 0 radical (unpaired) electrons. The summed E-state index contributed by atoms with van der Waals surface area (Å²) in [5.41, 5.74) is 2.37. The van der Waals surface area contributed by atoms with Gasteiger partial charge < -0.3 is 19.6 Å². The van der Waals surface area contributed by atoms with Crippen molar-refractivity contribution in [2.45, 2.75) is 0 Å². The summed E-state index contributed by atoms with van der Waals surface area (Å²) >= 11 is 4.77. The molecule has 22 heavy (non-hydrogen) atoms. The summed E-state index contributed by atoms with van der Waals surface area (Å²) in [6, 6.07) is 3.60. The molecule has 0 unspecified atom stereocenters. The van der Waals surface area contributed by atoms with Crippen molar-refractivity contribution in [2.75, 3.05) is 31.2 Å². The highest BCUT2D eigenvalue weighted by Crippen LogP contribution is 2.32. The van der Waals surface area contributed by atoms with Gasteiger partial charge in [-0.3, -0.25) is 4.79 Å². The van der Waals surface area contributed by atoms with Crippen LogP contribution in [0.3, 0.4) is 0 Å². The first-order valence-corrected chi connectivity index (χ1v) is 8.49. The molecule has 0 aliphatic carbocycles. The van der Waals surface area contributed by atoms with Gasteiger partial charge in [0.25, 0.3) is 0 Å². The van der Waals surface area contributed by atoms with E-state index < -0.39 is 0 Å². The molecule has 0 aromatic carbocycles. The highest BCUT2D eigenvalue weighted by atomic mass is 79.9. The van der Waals surface area contributed by atoms with E-state index >= 15 is 0 Å². The zero-order chi connectivity index (χ0) is 15.1. The van der Waals surface area contributed by atoms with Gasteiger partial charge in [-0.15, -0.1) is 0 Å². The van der Waals surface area contributed by atoms with Gasteiger partial charge in [0.05, 0.1) is 23.6 Å². The standard InChI is InChI=1S/C14H13BrN4O2S/c15-11-6-10(22-18-11)8-7-16-14-9(20)5-12(17-13(8)14)19-1-3-21-4-2-19/h5-7,16H,1-4H2,(H,17,20). The molecule has 0 amide bonds. The molecule has 1 saturated heterocycles. The predicted molar refractivity (Wildman–Crippen MR) is 90.8 cm³/mol. The average Bonchev–Trinajstić information content (AvgIpc) is 3.14. The molecule has 4 rings (SSSR count). The van der Waals surface area contributed by atoms with Crippen molar-refractivity contribution in [3.63, 3.8) is 0 Å². The summed E-state index contributed by atoms with van der Waals surface area (Å²) in [5.74, 6) is 0.838. The van der Waals surface area contributed by atoms with Gasteiger partial charge in [-0.25, -0.2) is 0 Å². The van der Waals surface area contributed by atoms with E-state index in [2.05, 4.69) is 35.2 Å². The Morgan fingerprint density at radius 2 is 2.09 bits per heavy atom. The van der Waals surface area contributed by atoms with E-state index in [1.54, 1.807) is 6.07 Å². The SMILES string of the molecule is O=c1cc(N2CCOCC2)[nH]c2c(-c3cc(Br)ns3)c[nH]c12. The number of nitrogens with zero attached hydrogens (tertiary/aromatic N) is 2. The number of fused-ring (bicyclic) bond motifs is 1. The minimum Gasteiger partial charge on any atom is -0.378 e. The Kier molecular flexibility index (Phi) is 3.51. The first-order chi connectivity index (χ1) is 10.7. The molecule has 0 bridgehead atoms. The summed E-state index contributed by atoms with van der Waals surface area (Å²) in [6.45, 7) is 2.93. The van der Waals surface area contributed by atoms with Crippen LogP contribution in [0.2, 0.25) is 0 Å². The van der Waals surface area contributed by atoms with E-state index in [0.717, 1.165) is 39.5 Å².